The maximum absolute atomic E-state index is 12.7. The molecule has 6 nitrogen and oxygen atoms in total. The Balaban J connectivity index is 2.10. The van der Waals surface area contributed by atoms with E-state index in [1.165, 1.54) is 28.1 Å². The highest BCUT2D eigenvalue weighted by Gasteiger charge is 2.17. The van der Waals surface area contributed by atoms with Gasteiger partial charge in [-0.1, -0.05) is 0 Å². The van der Waals surface area contributed by atoms with Gasteiger partial charge in [0, 0.05) is 28.5 Å². The minimum atomic E-state index is -0.353. The molecule has 3 rings (SSSR count). The van der Waals surface area contributed by atoms with Crippen molar-refractivity contribution >= 4 is 27.9 Å². The molecule has 1 N–H and O–H groups in total. The second-order valence-electron chi connectivity index (χ2n) is 4.93. The number of nitrogens with zero attached hydrogens (tertiary/aromatic N) is 3. The van der Waals surface area contributed by atoms with Gasteiger partial charge in [0.05, 0.1) is 5.69 Å². The van der Waals surface area contributed by atoms with Crippen LogP contribution in [0.4, 0.5) is 5.69 Å². The Morgan fingerprint density at radius 2 is 1.91 bits per heavy atom. The molecule has 3 heterocycles. The number of nitrogens with one attached hydrogen (secondary N) is 1. The zero-order chi connectivity index (χ0) is 15.9. The van der Waals surface area contributed by atoms with Crippen LogP contribution < -0.4 is 10.9 Å². The molecule has 0 aliphatic rings. The van der Waals surface area contributed by atoms with Crippen molar-refractivity contribution in [1.82, 2.24) is 14.4 Å². The number of rotatable bonds is 2. The van der Waals surface area contributed by atoms with E-state index in [-0.39, 0.29) is 17.2 Å². The molecule has 0 bridgehead atoms. The van der Waals surface area contributed by atoms with Gasteiger partial charge in [-0.25, -0.2) is 4.98 Å². The number of amides is 1. The van der Waals surface area contributed by atoms with E-state index in [1.54, 1.807) is 19.1 Å². The van der Waals surface area contributed by atoms with Gasteiger partial charge in [-0.05, 0) is 32.9 Å². The van der Waals surface area contributed by atoms with Gasteiger partial charge in [0.15, 0.2) is 4.96 Å². The number of carbonyl (C=O) groups is 1. The van der Waals surface area contributed by atoms with Gasteiger partial charge in [-0.15, -0.1) is 11.3 Å². The first-order chi connectivity index (χ1) is 10.5. The van der Waals surface area contributed by atoms with E-state index in [1.807, 2.05) is 13.8 Å². The first kappa shape index (κ1) is 14.4. The highest BCUT2D eigenvalue weighted by molar-refractivity contribution is 7.17. The van der Waals surface area contributed by atoms with E-state index in [9.17, 15) is 9.59 Å². The van der Waals surface area contributed by atoms with Crippen molar-refractivity contribution < 1.29 is 4.79 Å². The zero-order valence-electron chi connectivity index (χ0n) is 12.4. The zero-order valence-corrected chi connectivity index (χ0v) is 13.2. The number of aryl methyl sites for hydroxylation is 3. The number of hydrogen-bond donors (Lipinski definition) is 1. The second-order valence-corrected chi connectivity index (χ2v) is 6.11. The van der Waals surface area contributed by atoms with E-state index in [0.717, 1.165) is 10.6 Å². The molecule has 0 aromatic carbocycles. The number of thiazole rings is 1. The van der Waals surface area contributed by atoms with Gasteiger partial charge in [0.25, 0.3) is 11.5 Å². The third-order valence-corrected chi connectivity index (χ3v) is 4.56. The molecule has 112 valence electrons. The lowest BCUT2D eigenvalue weighted by atomic mass is 10.2. The van der Waals surface area contributed by atoms with E-state index < -0.39 is 0 Å². The van der Waals surface area contributed by atoms with E-state index in [0.29, 0.717) is 16.2 Å². The molecule has 0 radical (unpaired) electrons. The lowest BCUT2D eigenvalue weighted by molar-refractivity contribution is 0.102. The monoisotopic (exact) mass is 314 g/mol. The molecule has 1 amide bonds. The summed E-state index contributed by atoms with van der Waals surface area (Å²) in [7, 11) is 0. The van der Waals surface area contributed by atoms with Crippen molar-refractivity contribution in [2.45, 2.75) is 20.8 Å². The van der Waals surface area contributed by atoms with Crippen molar-refractivity contribution in [2.75, 3.05) is 5.32 Å². The van der Waals surface area contributed by atoms with Gasteiger partial charge in [0.2, 0.25) is 0 Å². The van der Waals surface area contributed by atoms with Crippen LogP contribution in [0.25, 0.3) is 4.96 Å². The minimum Gasteiger partial charge on any atom is -0.316 e. The average Bonchev–Trinajstić information content (AvgIpc) is 2.79. The molecule has 22 heavy (non-hydrogen) atoms. The van der Waals surface area contributed by atoms with Crippen molar-refractivity contribution in [1.29, 1.82) is 0 Å². The standard InChI is InChI=1S/C15H14N4O2S/c1-8-12(18-13(20)11-4-6-16-7-5-11)14(21)19-9(2)10(3)22-15(19)17-8/h4-7H,1-3H3,(H,18,20). The van der Waals surface area contributed by atoms with Crippen LogP contribution in [0.2, 0.25) is 0 Å². The Morgan fingerprint density at radius 1 is 1.23 bits per heavy atom. The molecule has 0 aliphatic heterocycles. The fourth-order valence-electron chi connectivity index (χ4n) is 2.17. The Bertz CT molecular complexity index is 928. The summed E-state index contributed by atoms with van der Waals surface area (Å²) in [6.45, 7) is 5.53. The number of pyridine rings is 1. The highest BCUT2D eigenvalue weighted by atomic mass is 32.1. The number of hydrogen-bond acceptors (Lipinski definition) is 5. The summed E-state index contributed by atoms with van der Waals surface area (Å²) in [5.74, 6) is -0.353. The van der Waals surface area contributed by atoms with Crippen molar-refractivity contribution in [3.05, 3.63) is 56.7 Å². The Labute approximate surface area is 130 Å². The van der Waals surface area contributed by atoms with E-state index in [2.05, 4.69) is 15.3 Å². The largest absolute Gasteiger partial charge is 0.316 e. The van der Waals surface area contributed by atoms with Crippen LogP contribution in [-0.2, 0) is 0 Å². The number of aromatic nitrogens is 3. The van der Waals surface area contributed by atoms with Gasteiger partial charge in [-0.2, -0.15) is 0 Å². The molecule has 0 saturated heterocycles. The molecular weight excluding hydrogens is 300 g/mol. The predicted octanol–water partition coefficient (Wildman–Crippen LogP) is 2.33. The summed E-state index contributed by atoms with van der Waals surface area (Å²) < 4.78 is 1.54. The van der Waals surface area contributed by atoms with Crippen LogP contribution in [0.3, 0.4) is 0 Å². The van der Waals surface area contributed by atoms with E-state index in [4.69, 9.17) is 0 Å². The Hall–Kier alpha value is -2.54. The predicted molar refractivity (Wildman–Crippen MR) is 85.7 cm³/mol. The molecular formula is C15H14N4O2S. The average molecular weight is 314 g/mol. The van der Waals surface area contributed by atoms with E-state index >= 15 is 0 Å². The summed E-state index contributed by atoms with van der Waals surface area (Å²) in [5, 5.41) is 2.67. The normalized spacial score (nSPS) is 10.9. The van der Waals surface area contributed by atoms with Gasteiger partial charge in [0.1, 0.15) is 5.69 Å². The maximum Gasteiger partial charge on any atom is 0.282 e. The van der Waals surface area contributed by atoms with Crippen LogP contribution in [0.15, 0.2) is 29.3 Å². The van der Waals surface area contributed by atoms with Crippen LogP contribution in [-0.4, -0.2) is 20.3 Å². The number of anilines is 1. The summed E-state index contributed by atoms with van der Waals surface area (Å²) in [5.41, 5.74) is 1.75. The molecule has 3 aromatic heterocycles. The molecule has 0 aliphatic carbocycles. The lowest BCUT2D eigenvalue weighted by Gasteiger charge is -2.08. The summed E-state index contributed by atoms with van der Waals surface area (Å²) in [6.07, 6.45) is 3.06. The fourth-order valence-corrected chi connectivity index (χ4v) is 3.17. The third kappa shape index (κ3) is 2.29. The van der Waals surface area contributed by atoms with Crippen molar-refractivity contribution in [3.8, 4) is 0 Å². The summed E-state index contributed by atoms with van der Waals surface area (Å²) in [6, 6.07) is 3.18. The second kappa shape index (κ2) is 5.34. The van der Waals surface area contributed by atoms with Crippen LogP contribution in [0.1, 0.15) is 26.6 Å². The number of carbonyl (C=O) groups excluding carboxylic acids is 1. The summed E-state index contributed by atoms with van der Waals surface area (Å²) >= 11 is 1.46. The fraction of sp³-hybridized carbons (Fsp3) is 0.200. The highest BCUT2D eigenvalue weighted by Crippen LogP contribution is 2.21. The van der Waals surface area contributed by atoms with Crippen LogP contribution >= 0.6 is 11.3 Å². The molecule has 0 saturated carbocycles. The quantitative estimate of drug-likeness (QED) is 0.787. The SMILES string of the molecule is Cc1nc2sc(C)c(C)n2c(=O)c1NC(=O)c1ccncc1. The Morgan fingerprint density at radius 3 is 2.59 bits per heavy atom. The van der Waals surface area contributed by atoms with Crippen LogP contribution in [0, 0.1) is 20.8 Å². The first-order valence-electron chi connectivity index (χ1n) is 6.69. The maximum atomic E-state index is 12.7. The van der Waals surface area contributed by atoms with Crippen LogP contribution in [0.5, 0.6) is 0 Å². The molecule has 0 fully saturated rings. The summed E-state index contributed by atoms with van der Waals surface area (Å²) in [4.78, 5) is 34.8. The Kier molecular flexibility index (Phi) is 3.50. The van der Waals surface area contributed by atoms with Gasteiger partial charge < -0.3 is 5.32 Å². The molecule has 3 aromatic rings. The first-order valence-corrected chi connectivity index (χ1v) is 7.51. The molecule has 0 atom stereocenters. The minimum absolute atomic E-state index is 0.209. The molecule has 7 heteroatoms. The topological polar surface area (TPSA) is 76.4 Å². The molecule has 0 unspecified atom stereocenters. The van der Waals surface area contributed by atoms with Gasteiger partial charge in [-0.3, -0.25) is 19.0 Å². The lowest BCUT2D eigenvalue weighted by Crippen LogP contribution is -2.25. The number of fused-ring (bicyclic) bond motifs is 1. The smallest absolute Gasteiger partial charge is 0.282 e. The van der Waals surface area contributed by atoms with Crippen molar-refractivity contribution in [2.24, 2.45) is 0 Å². The van der Waals surface area contributed by atoms with Gasteiger partial charge >= 0.3 is 0 Å². The third-order valence-electron chi connectivity index (χ3n) is 3.50. The van der Waals surface area contributed by atoms with Crippen molar-refractivity contribution in [3.63, 3.8) is 0 Å². The molecule has 0 spiro atoms.